The quantitative estimate of drug-likeness (QED) is 0.539. The van der Waals surface area contributed by atoms with Crippen molar-refractivity contribution in [1.82, 2.24) is 10.2 Å². The Morgan fingerprint density at radius 2 is 2.07 bits per heavy atom. The first-order valence-corrected chi connectivity index (χ1v) is 4.37. The van der Waals surface area contributed by atoms with Gasteiger partial charge < -0.3 is 21.1 Å². The van der Waals surface area contributed by atoms with Crippen molar-refractivity contribution in [2.45, 2.75) is 18.9 Å². The van der Waals surface area contributed by atoms with Gasteiger partial charge in [0.05, 0.1) is 0 Å². The number of carbonyl (C=O) groups is 2. The molecule has 0 saturated heterocycles. The molecule has 1 unspecified atom stereocenters. The Balaban J connectivity index is 3.86. The Labute approximate surface area is 83.1 Å². The molecule has 14 heavy (non-hydrogen) atoms. The van der Waals surface area contributed by atoms with Crippen molar-refractivity contribution in [3.63, 3.8) is 0 Å². The second-order valence-corrected chi connectivity index (χ2v) is 3.35. The third kappa shape index (κ3) is 6.24. The lowest BCUT2D eigenvalue weighted by atomic mass is 10.1. The second-order valence-electron chi connectivity index (χ2n) is 3.35. The molecule has 0 fully saturated rings. The summed E-state index contributed by atoms with van der Waals surface area (Å²) >= 11 is 0. The maximum atomic E-state index is 10.8. The third-order valence-corrected chi connectivity index (χ3v) is 1.74. The monoisotopic (exact) mass is 203 g/mol. The number of hydrogen-bond acceptors (Lipinski definition) is 3. The summed E-state index contributed by atoms with van der Waals surface area (Å²) in [6, 6.07) is -0.785. The predicted molar refractivity (Wildman–Crippen MR) is 51.9 cm³/mol. The Bertz CT molecular complexity index is 206. The molecular formula is C8H17N3O3. The minimum absolute atomic E-state index is 0.430. The third-order valence-electron chi connectivity index (χ3n) is 1.74. The molecule has 6 nitrogen and oxygen atoms in total. The van der Waals surface area contributed by atoms with E-state index in [0.717, 1.165) is 13.0 Å². The summed E-state index contributed by atoms with van der Waals surface area (Å²) < 4.78 is 0. The van der Waals surface area contributed by atoms with Crippen LogP contribution >= 0.6 is 0 Å². The molecule has 0 bridgehead atoms. The second kappa shape index (κ2) is 6.20. The number of hydrogen-bond donors (Lipinski definition) is 3. The average molecular weight is 203 g/mol. The van der Waals surface area contributed by atoms with E-state index in [0.29, 0.717) is 6.42 Å². The molecule has 0 heterocycles. The van der Waals surface area contributed by atoms with Gasteiger partial charge in [0, 0.05) is 0 Å². The maximum absolute atomic E-state index is 10.8. The molecule has 2 amide bonds. The summed E-state index contributed by atoms with van der Waals surface area (Å²) in [6.07, 6.45) is -0.0700. The summed E-state index contributed by atoms with van der Waals surface area (Å²) in [4.78, 5) is 23.0. The lowest BCUT2D eigenvalue weighted by molar-refractivity contribution is -0.120. The van der Waals surface area contributed by atoms with Crippen molar-refractivity contribution in [3.05, 3.63) is 0 Å². The smallest absolute Gasteiger partial charge is 0.405 e. The van der Waals surface area contributed by atoms with Crippen LogP contribution in [0, 0.1) is 0 Å². The first kappa shape index (κ1) is 12.7. The van der Waals surface area contributed by atoms with Gasteiger partial charge in [0.2, 0.25) is 5.91 Å². The summed E-state index contributed by atoms with van der Waals surface area (Å²) in [7, 11) is 3.81. The highest BCUT2D eigenvalue weighted by molar-refractivity contribution is 5.83. The van der Waals surface area contributed by atoms with Crippen molar-refractivity contribution in [2.24, 2.45) is 5.73 Å². The number of carbonyl (C=O) groups excluding carboxylic acids is 1. The Hall–Kier alpha value is -1.30. The summed E-state index contributed by atoms with van der Waals surface area (Å²) in [6.45, 7) is 0.797. The molecule has 82 valence electrons. The molecule has 0 aromatic rings. The summed E-state index contributed by atoms with van der Waals surface area (Å²) in [5.74, 6) is -0.633. The average Bonchev–Trinajstić information content (AvgIpc) is 2.00. The molecule has 0 aliphatic rings. The fourth-order valence-corrected chi connectivity index (χ4v) is 1.05. The fourth-order valence-electron chi connectivity index (χ4n) is 1.05. The number of rotatable bonds is 6. The van der Waals surface area contributed by atoms with Crippen molar-refractivity contribution in [2.75, 3.05) is 20.6 Å². The van der Waals surface area contributed by atoms with Gasteiger partial charge in [-0.05, 0) is 33.5 Å². The van der Waals surface area contributed by atoms with Gasteiger partial charge in [-0.3, -0.25) is 4.79 Å². The molecule has 0 radical (unpaired) electrons. The van der Waals surface area contributed by atoms with Gasteiger partial charge in [-0.15, -0.1) is 0 Å². The number of amides is 2. The van der Waals surface area contributed by atoms with Crippen LogP contribution in [-0.4, -0.2) is 48.7 Å². The summed E-state index contributed by atoms with van der Waals surface area (Å²) in [5.41, 5.74) is 5.02. The van der Waals surface area contributed by atoms with E-state index in [1.54, 1.807) is 0 Å². The molecule has 1 atom stereocenters. The molecule has 0 aromatic carbocycles. The minimum Gasteiger partial charge on any atom is -0.465 e. The van der Waals surface area contributed by atoms with E-state index in [-0.39, 0.29) is 0 Å². The van der Waals surface area contributed by atoms with Crippen LogP contribution in [0.25, 0.3) is 0 Å². The van der Waals surface area contributed by atoms with Gasteiger partial charge in [-0.1, -0.05) is 0 Å². The first-order valence-electron chi connectivity index (χ1n) is 4.37. The molecule has 4 N–H and O–H groups in total. The van der Waals surface area contributed by atoms with Gasteiger partial charge in [-0.25, -0.2) is 4.79 Å². The molecule has 0 aromatic heterocycles. The summed E-state index contributed by atoms with van der Waals surface area (Å²) in [5, 5.41) is 10.5. The lowest BCUT2D eigenvalue weighted by Crippen LogP contribution is -2.44. The number of carboxylic acid groups (broad SMARTS) is 1. The van der Waals surface area contributed by atoms with E-state index in [2.05, 4.69) is 5.32 Å². The van der Waals surface area contributed by atoms with E-state index in [9.17, 15) is 9.59 Å². The number of primary amides is 1. The van der Waals surface area contributed by atoms with E-state index in [1.165, 1.54) is 0 Å². The van der Waals surface area contributed by atoms with E-state index < -0.39 is 18.0 Å². The molecule has 0 rings (SSSR count). The minimum atomic E-state index is -1.22. The van der Waals surface area contributed by atoms with Crippen LogP contribution < -0.4 is 11.1 Å². The van der Waals surface area contributed by atoms with Crippen molar-refractivity contribution in [3.8, 4) is 0 Å². The first-order chi connectivity index (χ1) is 6.43. The van der Waals surface area contributed by atoms with Gasteiger partial charge in [0.25, 0.3) is 0 Å². The molecular weight excluding hydrogens is 186 g/mol. The van der Waals surface area contributed by atoms with Crippen LogP contribution in [0.15, 0.2) is 0 Å². The zero-order valence-electron chi connectivity index (χ0n) is 8.49. The van der Waals surface area contributed by atoms with Crippen molar-refractivity contribution >= 4 is 12.0 Å². The van der Waals surface area contributed by atoms with Crippen molar-refractivity contribution < 1.29 is 14.7 Å². The highest BCUT2D eigenvalue weighted by Crippen LogP contribution is 1.97. The molecule has 0 aliphatic carbocycles. The Kier molecular flexibility index (Phi) is 5.62. The topological polar surface area (TPSA) is 95.7 Å². The van der Waals surface area contributed by atoms with Crippen LogP contribution in [0.2, 0.25) is 0 Å². The molecule has 0 spiro atoms. The van der Waals surface area contributed by atoms with Crippen LogP contribution in [0.3, 0.4) is 0 Å². The number of nitrogens with zero attached hydrogens (tertiary/aromatic N) is 1. The normalized spacial score (nSPS) is 12.5. The van der Waals surface area contributed by atoms with Gasteiger partial charge in [0.15, 0.2) is 0 Å². The fraction of sp³-hybridized carbons (Fsp3) is 0.750. The van der Waals surface area contributed by atoms with Gasteiger partial charge in [0.1, 0.15) is 6.04 Å². The number of nitrogens with one attached hydrogen (secondary N) is 1. The van der Waals surface area contributed by atoms with Gasteiger partial charge >= 0.3 is 6.09 Å². The van der Waals surface area contributed by atoms with E-state index in [1.807, 2.05) is 19.0 Å². The molecule has 0 aliphatic heterocycles. The SMILES string of the molecule is CN(C)CCCC(NC(=O)O)C(N)=O. The van der Waals surface area contributed by atoms with Crippen LogP contribution in [0.1, 0.15) is 12.8 Å². The largest absolute Gasteiger partial charge is 0.465 e. The zero-order valence-corrected chi connectivity index (χ0v) is 8.49. The van der Waals surface area contributed by atoms with Crippen LogP contribution in [0.4, 0.5) is 4.79 Å². The number of nitrogens with two attached hydrogens (primary N) is 1. The van der Waals surface area contributed by atoms with Crippen LogP contribution in [-0.2, 0) is 4.79 Å². The Morgan fingerprint density at radius 1 is 1.50 bits per heavy atom. The maximum Gasteiger partial charge on any atom is 0.405 e. The molecule has 6 heteroatoms. The molecule has 0 saturated carbocycles. The predicted octanol–water partition coefficient (Wildman–Crippen LogP) is -0.550. The Morgan fingerprint density at radius 3 is 2.43 bits per heavy atom. The van der Waals surface area contributed by atoms with E-state index in [4.69, 9.17) is 10.8 Å². The lowest BCUT2D eigenvalue weighted by Gasteiger charge is -2.14. The zero-order chi connectivity index (χ0) is 11.1. The van der Waals surface area contributed by atoms with Crippen LogP contribution in [0.5, 0.6) is 0 Å². The van der Waals surface area contributed by atoms with Gasteiger partial charge in [-0.2, -0.15) is 0 Å². The van der Waals surface area contributed by atoms with E-state index >= 15 is 0 Å². The highest BCUT2D eigenvalue weighted by Gasteiger charge is 2.16. The highest BCUT2D eigenvalue weighted by atomic mass is 16.4. The standard InChI is InChI=1S/C8H17N3O3/c1-11(2)5-3-4-6(7(9)12)10-8(13)14/h6,10H,3-5H2,1-2H3,(H2,9,12)(H,13,14). The van der Waals surface area contributed by atoms with Crippen molar-refractivity contribution in [1.29, 1.82) is 0 Å².